The van der Waals surface area contributed by atoms with Gasteiger partial charge in [0.25, 0.3) is 0 Å². The normalized spacial score (nSPS) is 17.5. The maximum Gasteiger partial charge on any atom is 0.320 e. The summed E-state index contributed by atoms with van der Waals surface area (Å²) in [5, 5.41) is 3.09. The van der Waals surface area contributed by atoms with Gasteiger partial charge in [0.15, 0.2) is 0 Å². The number of hydrogen-bond acceptors (Lipinski definition) is 4. The van der Waals surface area contributed by atoms with Crippen LogP contribution in [0.2, 0.25) is 0 Å². The lowest BCUT2D eigenvalue weighted by Crippen LogP contribution is -2.30. The van der Waals surface area contributed by atoms with Gasteiger partial charge in [0.1, 0.15) is 6.10 Å². The third-order valence-corrected chi connectivity index (χ3v) is 2.29. The van der Waals surface area contributed by atoms with E-state index in [4.69, 9.17) is 9.47 Å². The lowest BCUT2D eigenvalue weighted by molar-refractivity contribution is -0.149. The van der Waals surface area contributed by atoms with Gasteiger partial charge in [0.2, 0.25) is 0 Å². The number of carbonyl (C=O) groups is 1. The van der Waals surface area contributed by atoms with Crippen LogP contribution in [-0.2, 0) is 14.3 Å². The molecule has 4 heteroatoms. The molecule has 0 saturated heterocycles. The molecule has 0 spiro atoms. The van der Waals surface area contributed by atoms with Gasteiger partial charge >= 0.3 is 5.97 Å². The first kappa shape index (κ1) is 12.5. The molecule has 0 aliphatic heterocycles. The van der Waals surface area contributed by atoms with Crippen molar-refractivity contribution in [1.82, 2.24) is 5.32 Å². The van der Waals surface area contributed by atoms with Crippen LogP contribution in [0.3, 0.4) is 0 Å². The fraction of sp³-hybridized carbons (Fsp3) is 0.909. The molecule has 15 heavy (non-hydrogen) atoms. The van der Waals surface area contributed by atoms with E-state index in [1.165, 1.54) is 12.8 Å². The minimum absolute atomic E-state index is 0.153. The quantitative estimate of drug-likeness (QED) is 0.612. The zero-order valence-corrected chi connectivity index (χ0v) is 9.62. The van der Waals surface area contributed by atoms with Crippen molar-refractivity contribution in [2.24, 2.45) is 5.92 Å². The van der Waals surface area contributed by atoms with Crippen LogP contribution in [0, 0.1) is 5.92 Å². The first-order chi connectivity index (χ1) is 7.22. The highest BCUT2D eigenvalue weighted by atomic mass is 16.6. The molecule has 1 rings (SSSR count). The van der Waals surface area contributed by atoms with Crippen LogP contribution in [0.5, 0.6) is 0 Å². The van der Waals surface area contributed by atoms with Gasteiger partial charge in [-0.25, -0.2) is 0 Å². The number of esters is 1. The summed E-state index contributed by atoms with van der Waals surface area (Å²) in [5.74, 6) is 0.599. The molecule has 0 bridgehead atoms. The number of nitrogens with one attached hydrogen (secondary N) is 1. The second kappa shape index (κ2) is 6.80. The molecule has 0 aromatic heterocycles. The van der Waals surface area contributed by atoms with Crippen LogP contribution >= 0.6 is 0 Å². The lowest BCUT2D eigenvalue weighted by atomic mass is 10.4. The van der Waals surface area contributed by atoms with Crippen molar-refractivity contribution in [2.75, 3.05) is 26.3 Å². The molecule has 1 N–H and O–H groups in total. The summed E-state index contributed by atoms with van der Waals surface area (Å²) in [5.41, 5.74) is 0. The molecule has 1 saturated carbocycles. The van der Waals surface area contributed by atoms with Gasteiger partial charge in [-0.2, -0.15) is 0 Å². The zero-order chi connectivity index (χ0) is 11.1. The first-order valence-corrected chi connectivity index (χ1v) is 5.70. The molecule has 88 valence electrons. The van der Waals surface area contributed by atoms with E-state index >= 15 is 0 Å². The van der Waals surface area contributed by atoms with Crippen LogP contribution in [0.1, 0.15) is 26.7 Å². The molecular formula is C11H21NO3. The predicted molar refractivity (Wildman–Crippen MR) is 57.6 cm³/mol. The van der Waals surface area contributed by atoms with E-state index in [1.54, 1.807) is 0 Å². The maximum atomic E-state index is 11.3. The van der Waals surface area contributed by atoms with Gasteiger partial charge in [-0.3, -0.25) is 4.79 Å². The molecule has 0 radical (unpaired) electrons. The van der Waals surface area contributed by atoms with Crippen LogP contribution in [0.25, 0.3) is 0 Å². The standard InChI is InChI=1S/C11H21NO3/c1-3-14-8-9(2)15-11(13)7-12-6-10-4-5-10/h9-10,12H,3-8H2,1-2H3. The summed E-state index contributed by atoms with van der Waals surface area (Å²) in [6, 6.07) is 0. The number of ether oxygens (including phenoxy) is 2. The Kier molecular flexibility index (Phi) is 5.65. The Morgan fingerprint density at radius 3 is 2.87 bits per heavy atom. The zero-order valence-electron chi connectivity index (χ0n) is 9.62. The summed E-state index contributed by atoms with van der Waals surface area (Å²) >= 11 is 0. The minimum Gasteiger partial charge on any atom is -0.459 e. The molecule has 0 amide bonds. The minimum atomic E-state index is -0.192. The molecule has 0 heterocycles. The molecular weight excluding hydrogens is 194 g/mol. The lowest BCUT2D eigenvalue weighted by Gasteiger charge is -2.13. The van der Waals surface area contributed by atoms with E-state index in [0.29, 0.717) is 19.8 Å². The van der Waals surface area contributed by atoms with E-state index in [1.807, 2.05) is 13.8 Å². The monoisotopic (exact) mass is 215 g/mol. The molecule has 1 fully saturated rings. The second-order valence-corrected chi connectivity index (χ2v) is 4.03. The van der Waals surface area contributed by atoms with Gasteiger partial charge in [-0.1, -0.05) is 0 Å². The Bertz CT molecular complexity index is 192. The summed E-state index contributed by atoms with van der Waals surface area (Å²) in [6.07, 6.45) is 2.44. The Balaban J connectivity index is 1.95. The molecule has 1 aliphatic rings. The van der Waals surface area contributed by atoms with Gasteiger partial charge in [-0.05, 0) is 39.2 Å². The summed E-state index contributed by atoms with van der Waals surface area (Å²) in [6.45, 7) is 6.15. The van der Waals surface area contributed by atoms with Crippen LogP contribution in [-0.4, -0.2) is 38.4 Å². The van der Waals surface area contributed by atoms with Gasteiger partial charge < -0.3 is 14.8 Å². The Morgan fingerprint density at radius 2 is 2.27 bits per heavy atom. The molecule has 0 aromatic rings. The average Bonchev–Trinajstić information content (AvgIpc) is 2.98. The van der Waals surface area contributed by atoms with Crippen molar-refractivity contribution in [3.05, 3.63) is 0 Å². The molecule has 1 aliphatic carbocycles. The van der Waals surface area contributed by atoms with Crippen LogP contribution < -0.4 is 5.32 Å². The maximum absolute atomic E-state index is 11.3. The van der Waals surface area contributed by atoms with E-state index in [0.717, 1.165) is 12.5 Å². The predicted octanol–water partition coefficient (Wildman–Crippen LogP) is 0.954. The fourth-order valence-corrected chi connectivity index (χ4v) is 1.28. The van der Waals surface area contributed by atoms with E-state index in [-0.39, 0.29) is 12.1 Å². The first-order valence-electron chi connectivity index (χ1n) is 5.70. The smallest absolute Gasteiger partial charge is 0.320 e. The third-order valence-electron chi connectivity index (χ3n) is 2.29. The van der Waals surface area contributed by atoms with Crippen LogP contribution in [0.15, 0.2) is 0 Å². The Hall–Kier alpha value is -0.610. The average molecular weight is 215 g/mol. The van der Waals surface area contributed by atoms with Crippen molar-refractivity contribution in [3.8, 4) is 0 Å². The number of rotatable bonds is 8. The largest absolute Gasteiger partial charge is 0.459 e. The molecule has 4 nitrogen and oxygen atoms in total. The van der Waals surface area contributed by atoms with Gasteiger partial charge in [0, 0.05) is 6.61 Å². The van der Waals surface area contributed by atoms with Gasteiger partial charge in [0.05, 0.1) is 13.2 Å². The topological polar surface area (TPSA) is 47.6 Å². The number of carbonyl (C=O) groups excluding carboxylic acids is 1. The van der Waals surface area contributed by atoms with E-state index in [2.05, 4.69) is 5.32 Å². The number of hydrogen-bond donors (Lipinski definition) is 1. The van der Waals surface area contributed by atoms with Crippen molar-refractivity contribution in [1.29, 1.82) is 0 Å². The van der Waals surface area contributed by atoms with E-state index < -0.39 is 0 Å². The Morgan fingerprint density at radius 1 is 1.53 bits per heavy atom. The Labute approximate surface area is 91.3 Å². The SMILES string of the molecule is CCOCC(C)OC(=O)CNCC1CC1. The molecule has 0 aromatic carbocycles. The van der Waals surface area contributed by atoms with E-state index in [9.17, 15) is 4.79 Å². The fourth-order valence-electron chi connectivity index (χ4n) is 1.28. The highest BCUT2D eigenvalue weighted by Gasteiger charge is 2.20. The van der Waals surface area contributed by atoms with Gasteiger partial charge in [-0.15, -0.1) is 0 Å². The molecule has 1 atom stereocenters. The molecule has 1 unspecified atom stereocenters. The van der Waals surface area contributed by atoms with Crippen molar-refractivity contribution < 1.29 is 14.3 Å². The van der Waals surface area contributed by atoms with Crippen molar-refractivity contribution in [2.45, 2.75) is 32.8 Å². The summed E-state index contributed by atoms with van der Waals surface area (Å²) < 4.78 is 10.3. The third kappa shape index (κ3) is 6.47. The van der Waals surface area contributed by atoms with Crippen molar-refractivity contribution in [3.63, 3.8) is 0 Å². The highest BCUT2D eigenvalue weighted by molar-refractivity contribution is 5.71. The summed E-state index contributed by atoms with van der Waals surface area (Å²) in [7, 11) is 0. The second-order valence-electron chi connectivity index (χ2n) is 4.03. The summed E-state index contributed by atoms with van der Waals surface area (Å²) in [4.78, 5) is 11.3. The highest BCUT2D eigenvalue weighted by Crippen LogP contribution is 2.27. The van der Waals surface area contributed by atoms with Crippen LogP contribution in [0.4, 0.5) is 0 Å². The van der Waals surface area contributed by atoms with Crippen molar-refractivity contribution >= 4 is 5.97 Å².